The largest absolute Gasteiger partial charge is 0.481 e. The molecule has 1 saturated carbocycles. The van der Waals surface area contributed by atoms with Crippen molar-refractivity contribution in [3.05, 3.63) is 22.7 Å². The minimum Gasteiger partial charge on any atom is -0.481 e. The van der Waals surface area contributed by atoms with Gasteiger partial charge in [-0.3, -0.25) is 9.59 Å². The lowest BCUT2D eigenvalue weighted by Crippen LogP contribution is -2.48. The Labute approximate surface area is 117 Å². The molecular formula is C14H21N3O3. The van der Waals surface area contributed by atoms with Gasteiger partial charge in [-0.15, -0.1) is 0 Å². The van der Waals surface area contributed by atoms with Gasteiger partial charge in [0.05, 0.1) is 6.42 Å². The Hall–Kier alpha value is -1.85. The number of carbonyl (C=O) groups is 1. The summed E-state index contributed by atoms with van der Waals surface area (Å²) >= 11 is 0. The molecule has 0 aliphatic heterocycles. The van der Waals surface area contributed by atoms with Crippen LogP contribution in [0.5, 0.6) is 0 Å². The second-order valence-electron chi connectivity index (χ2n) is 5.96. The van der Waals surface area contributed by atoms with Crippen molar-refractivity contribution in [2.45, 2.75) is 51.6 Å². The first-order valence-electron chi connectivity index (χ1n) is 6.97. The second-order valence-corrected chi connectivity index (χ2v) is 5.96. The number of aromatic nitrogens is 2. The molecule has 1 fully saturated rings. The highest BCUT2D eigenvalue weighted by molar-refractivity contribution is 5.69. The Morgan fingerprint density at radius 3 is 2.75 bits per heavy atom. The van der Waals surface area contributed by atoms with Crippen LogP contribution in [0.3, 0.4) is 0 Å². The maximum atomic E-state index is 12.3. The third-order valence-corrected chi connectivity index (χ3v) is 3.66. The number of hydrogen-bond acceptors (Lipinski definition) is 4. The predicted octanol–water partition coefficient (Wildman–Crippen LogP) is 1.71. The highest BCUT2D eigenvalue weighted by atomic mass is 16.4. The van der Waals surface area contributed by atoms with Crippen molar-refractivity contribution in [2.75, 3.05) is 5.32 Å². The van der Waals surface area contributed by atoms with E-state index >= 15 is 0 Å². The summed E-state index contributed by atoms with van der Waals surface area (Å²) in [6, 6.07) is 0. The van der Waals surface area contributed by atoms with Crippen molar-refractivity contribution < 1.29 is 9.90 Å². The Bertz CT molecular complexity index is 547. The summed E-state index contributed by atoms with van der Waals surface area (Å²) in [7, 11) is 0. The predicted molar refractivity (Wildman–Crippen MR) is 75.8 cm³/mol. The first kappa shape index (κ1) is 14.6. The van der Waals surface area contributed by atoms with Crippen LogP contribution in [0.4, 0.5) is 5.82 Å². The fourth-order valence-corrected chi connectivity index (χ4v) is 2.56. The minimum atomic E-state index is -0.851. The van der Waals surface area contributed by atoms with Gasteiger partial charge in [0, 0.05) is 24.5 Å². The molecule has 2 rings (SSSR count). The van der Waals surface area contributed by atoms with Crippen LogP contribution < -0.4 is 10.9 Å². The van der Waals surface area contributed by atoms with Crippen molar-refractivity contribution in [3.63, 3.8) is 0 Å². The lowest BCUT2D eigenvalue weighted by Gasteiger charge is -2.41. The van der Waals surface area contributed by atoms with E-state index in [1.165, 1.54) is 0 Å². The number of hydrogen-bond donors (Lipinski definition) is 2. The van der Waals surface area contributed by atoms with E-state index in [0.717, 1.165) is 19.3 Å². The summed E-state index contributed by atoms with van der Waals surface area (Å²) in [6.45, 7) is 4.71. The van der Waals surface area contributed by atoms with Crippen molar-refractivity contribution in [1.82, 2.24) is 9.55 Å². The number of carboxylic acid groups (broad SMARTS) is 1. The van der Waals surface area contributed by atoms with E-state index < -0.39 is 11.5 Å². The maximum absolute atomic E-state index is 12.3. The molecule has 0 unspecified atom stereocenters. The van der Waals surface area contributed by atoms with Crippen molar-refractivity contribution >= 4 is 11.8 Å². The minimum absolute atomic E-state index is 0.0210. The lowest BCUT2D eigenvalue weighted by atomic mass is 9.74. The molecule has 0 spiro atoms. The Balaban J connectivity index is 2.21. The quantitative estimate of drug-likeness (QED) is 0.828. The van der Waals surface area contributed by atoms with Gasteiger partial charge < -0.3 is 15.0 Å². The maximum Gasteiger partial charge on any atom is 0.305 e. The van der Waals surface area contributed by atoms with Crippen LogP contribution in [0, 0.1) is 5.92 Å². The van der Waals surface area contributed by atoms with Crippen LogP contribution in [0.1, 0.15) is 39.5 Å². The zero-order chi connectivity index (χ0) is 14.8. The van der Waals surface area contributed by atoms with Gasteiger partial charge in [-0.1, -0.05) is 13.8 Å². The molecule has 1 aliphatic carbocycles. The SMILES string of the molecule is CC(C)Cn1ccnc(NC2(CC(=O)O)CCC2)c1=O. The highest BCUT2D eigenvalue weighted by Crippen LogP contribution is 2.37. The van der Waals surface area contributed by atoms with Crippen molar-refractivity contribution in [1.29, 1.82) is 0 Å². The number of aliphatic carboxylic acids is 1. The molecule has 6 nitrogen and oxygen atoms in total. The zero-order valence-electron chi connectivity index (χ0n) is 11.9. The molecule has 20 heavy (non-hydrogen) atoms. The van der Waals surface area contributed by atoms with E-state index in [2.05, 4.69) is 10.3 Å². The molecular weight excluding hydrogens is 258 g/mol. The van der Waals surface area contributed by atoms with Crippen LogP contribution in [0.2, 0.25) is 0 Å². The number of rotatable bonds is 6. The van der Waals surface area contributed by atoms with Crippen LogP contribution in [-0.4, -0.2) is 26.2 Å². The average molecular weight is 279 g/mol. The van der Waals surface area contributed by atoms with Crippen LogP contribution in [0.25, 0.3) is 0 Å². The molecule has 6 heteroatoms. The molecule has 1 aromatic heterocycles. The molecule has 1 aromatic rings. The van der Waals surface area contributed by atoms with Gasteiger partial charge in [0.2, 0.25) is 0 Å². The molecule has 2 N–H and O–H groups in total. The molecule has 1 heterocycles. The fourth-order valence-electron chi connectivity index (χ4n) is 2.56. The first-order valence-corrected chi connectivity index (χ1v) is 6.97. The summed E-state index contributed by atoms with van der Waals surface area (Å²) < 4.78 is 1.62. The summed E-state index contributed by atoms with van der Waals surface area (Å²) in [5.74, 6) is -0.232. The molecule has 0 radical (unpaired) electrons. The van der Waals surface area contributed by atoms with E-state index in [-0.39, 0.29) is 17.8 Å². The molecule has 0 amide bonds. The average Bonchev–Trinajstić information content (AvgIpc) is 2.30. The Morgan fingerprint density at radius 2 is 2.25 bits per heavy atom. The third-order valence-electron chi connectivity index (χ3n) is 3.66. The van der Waals surface area contributed by atoms with Crippen LogP contribution in [-0.2, 0) is 11.3 Å². The molecule has 0 bridgehead atoms. The summed E-state index contributed by atoms with van der Waals surface area (Å²) in [6.07, 6.45) is 5.77. The van der Waals surface area contributed by atoms with Gasteiger partial charge in [0.1, 0.15) is 0 Å². The van der Waals surface area contributed by atoms with Gasteiger partial charge in [0.25, 0.3) is 5.56 Å². The van der Waals surface area contributed by atoms with Crippen molar-refractivity contribution in [2.24, 2.45) is 5.92 Å². The highest BCUT2D eigenvalue weighted by Gasteiger charge is 2.39. The van der Waals surface area contributed by atoms with Crippen LogP contribution in [0.15, 0.2) is 17.2 Å². The van der Waals surface area contributed by atoms with E-state index in [9.17, 15) is 9.59 Å². The smallest absolute Gasteiger partial charge is 0.305 e. The topological polar surface area (TPSA) is 84.2 Å². The fraction of sp³-hybridized carbons (Fsp3) is 0.643. The first-order chi connectivity index (χ1) is 9.42. The lowest BCUT2D eigenvalue weighted by molar-refractivity contribution is -0.138. The third kappa shape index (κ3) is 3.18. The number of carboxylic acids is 1. The van der Waals surface area contributed by atoms with E-state index in [0.29, 0.717) is 12.5 Å². The molecule has 0 atom stereocenters. The Kier molecular flexibility index (Phi) is 4.11. The van der Waals surface area contributed by atoms with E-state index in [1.807, 2.05) is 13.8 Å². The van der Waals surface area contributed by atoms with Crippen molar-refractivity contribution in [3.8, 4) is 0 Å². The Morgan fingerprint density at radius 1 is 1.55 bits per heavy atom. The van der Waals surface area contributed by atoms with E-state index in [1.54, 1.807) is 17.0 Å². The van der Waals surface area contributed by atoms with Gasteiger partial charge >= 0.3 is 5.97 Å². The number of nitrogens with zero attached hydrogens (tertiary/aromatic N) is 2. The standard InChI is InChI=1S/C14H21N3O3/c1-10(2)9-17-7-6-15-12(13(17)20)16-14(4-3-5-14)8-11(18)19/h6-7,10H,3-5,8-9H2,1-2H3,(H,15,16)(H,18,19). The van der Waals surface area contributed by atoms with E-state index in [4.69, 9.17) is 5.11 Å². The monoisotopic (exact) mass is 279 g/mol. The zero-order valence-corrected chi connectivity index (χ0v) is 11.9. The van der Waals surface area contributed by atoms with Gasteiger partial charge in [-0.25, -0.2) is 4.98 Å². The normalized spacial score (nSPS) is 16.8. The molecule has 1 aliphatic rings. The molecule has 0 aromatic carbocycles. The second kappa shape index (κ2) is 5.64. The van der Waals surface area contributed by atoms with Gasteiger partial charge in [-0.05, 0) is 25.2 Å². The van der Waals surface area contributed by atoms with Gasteiger partial charge in [0.15, 0.2) is 5.82 Å². The van der Waals surface area contributed by atoms with Gasteiger partial charge in [-0.2, -0.15) is 0 Å². The summed E-state index contributed by atoms with van der Waals surface area (Å²) in [4.78, 5) is 27.3. The molecule has 0 saturated heterocycles. The summed E-state index contributed by atoms with van der Waals surface area (Å²) in [5.41, 5.74) is -0.687. The molecule has 110 valence electrons. The number of anilines is 1. The summed E-state index contributed by atoms with van der Waals surface area (Å²) in [5, 5.41) is 12.1. The van der Waals surface area contributed by atoms with Crippen LogP contribution >= 0.6 is 0 Å². The number of nitrogens with one attached hydrogen (secondary N) is 1.